The Balaban J connectivity index is 4.67. The zero-order chi connectivity index (χ0) is 10.6. The molecule has 4 heteroatoms. The van der Waals surface area contributed by atoms with Crippen LogP contribution in [-0.4, -0.2) is 46.8 Å². The summed E-state index contributed by atoms with van der Waals surface area (Å²) in [6.07, 6.45) is 0.933. The third kappa shape index (κ3) is 2.67. The van der Waals surface area contributed by atoms with Gasteiger partial charge in [0.2, 0.25) is 0 Å². The van der Waals surface area contributed by atoms with Gasteiger partial charge in [-0.25, -0.2) is 4.79 Å². The van der Waals surface area contributed by atoms with E-state index < -0.39 is 11.6 Å². The number of aliphatic carboxylic acids is 1. The van der Waals surface area contributed by atoms with Gasteiger partial charge in [-0.1, -0.05) is 13.3 Å². The number of likely N-dealkylation sites (N-methyl/N-ethyl adjacent to an activating group) is 1. The Bertz CT molecular complexity index is 182. The SMILES string of the molecule is CCCC(O)(C(=O)O)C(C)N(C)C. The van der Waals surface area contributed by atoms with Gasteiger partial charge in [-0.3, -0.25) is 0 Å². The van der Waals surface area contributed by atoms with E-state index in [0.29, 0.717) is 6.42 Å². The molecule has 0 aliphatic carbocycles. The van der Waals surface area contributed by atoms with Gasteiger partial charge in [0.15, 0.2) is 5.60 Å². The number of nitrogens with zero attached hydrogens (tertiary/aromatic N) is 1. The van der Waals surface area contributed by atoms with E-state index in [1.165, 1.54) is 0 Å². The Hall–Kier alpha value is -0.610. The van der Waals surface area contributed by atoms with Crippen molar-refractivity contribution in [1.29, 1.82) is 0 Å². The number of hydrogen-bond acceptors (Lipinski definition) is 3. The molecule has 0 radical (unpaired) electrons. The second-order valence-electron chi connectivity index (χ2n) is 3.62. The van der Waals surface area contributed by atoms with Crippen LogP contribution in [0.3, 0.4) is 0 Å². The van der Waals surface area contributed by atoms with E-state index in [4.69, 9.17) is 5.11 Å². The quantitative estimate of drug-likeness (QED) is 0.663. The largest absolute Gasteiger partial charge is 0.479 e. The Labute approximate surface area is 79.2 Å². The predicted molar refractivity (Wildman–Crippen MR) is 50.6 cm³/mol. The molecule has 0 bridgehead atoms. The first-order chi connectivity index (χ1) is 5.86. The van der Waals surface area contributed by atoms with E-state index in [0.717, 1.165) is 0 Å². The average Bonchev–Trinajstić information content (AvgIpc) is 2.02. The predicted octanol–water partition coefficient (Wildman–Crippen LogP) is 0.552. The highest BCUT2D eigenvalue weighted by Crippen LogP contribution is 2.20. The van der Waals surface area contributed by atoms with Gasteiger partial charge in [-0.15, -0.1) is 0 Å². The van der Waals surface area contributed by atoms with Crippen molar-refractivity contribution in [2.75, 3.05) is 14.1 Å². The van der Waals surface area contributed by atoms with Crippen LogP contribution in [0.15, 0.2) is 0 Å². The number of carboxylic acid groups (broad SMARTS) is 1. The normalized spacial score (nSPS) is 18.3. The summed E-state index contributed by atoms with van der Waals surface area (Å²) in [4.78, 5) is 12.6. The molecule has 0 saturated heterocycles. The van der Waals surface area contributed by atoms with E-state index in [1.807, 2.05) is 6.92 Å². The highest BCUT2D eigenvalue weighted by Gasteiger charge is 2.41. The maximum Gasteiger partial charge on any atom is 0.337 e. The zero-order valence-electron chi connectivity index (χ0n) is 8.74. The fraction of sp³-hybridized carbons (Fsp3) is 0.889. The molecule has 0 aliphatic heterocycles. The number of carboxylic acids is 1. The Morgan fingerprint density at radius 1 is 1.54 bits per heavy atom. The molecule has 0 aromatic carbocycles. The van der Waals surface area contributed by atoms with Crippen LogP contribution in [0.4, 0.5) is 0 Å². The lowest BCUT2D eigenvalue weighted by Gasteiger charge is -2.34. The standard InChI is InChI=1S/C9H19NO3/c1-5-6-9(13,8(11)12)7(2)10(3)4/h7,13H,5-6H2,1-4H3,(H,11,12). The van der Waals surface area contributed by atoms with Crippen molar-refractivity contribution in [3.8, 4) is 0 Å². The summed E-state index contributed by atoms with van der Waals surface area (Å²) < 4.78 is 0. The molecule has 0 aromatic heterocycles. The van der Waals surface area contributed by atoms with Crippen LogP contribution >= 0.6 is 0 Å². The van der Waals surface area contributed by atoms with Gasteiger partial charge in [0.05, 0.1) is 0 Å². The second-order valence-corrected chi connectivity index (χ2v) is 3.62. The third-order valence-electron chi connectivity index (χ3n) is 2.47. The molecule has 0 spiro atoms. The summed E-state index contributed by atoms with van der Waals surface area (Å²) in [6, 6.07) is -0.384. The van der Waals surface area contributed by atoms with Crippen LogP contribution in [0.1, 0.15) is 26.7 Å². The summed E-state index contributed by atoms with van der Waals surface area (Å²) in [5, 5.41) is 18.8. The van der Waals surface area contributed by atoms with E-state index >= 15 is 0 Å². The summed E-state index contributed by atoms with van der Waals surface area (Å²) in [6.45, 7) is 3.57. The number of carbonyl (C=O) groups is 1. The molecular weight excluding hydrogens is 170 g/mol. The van der Waals surface area contributed by atoms with Crippen molar-refractivity contribution in [2.24, 2.45) is 0 Å². The summed E-state index contributed by atoms with van der Waals surface area (Å²) in [5.74, 6) is -1.14. The molecular formula is C9H19NO3. The zero-order valence-corrected chi connectivity index (χ0v) is 8.74. The lowest BCUT2D eigenvalue weighted by molar-refractivity contribution is -0.165. The van der Waals surface area contributed by atoms with Crippen LogP contribution in [0.5, 0.6) is 0 Å². The molecule has 4 nitrogen and oxygen atoms in total. The molecule has 0 rings (SSSR count). The molecule has 0 saturated carbocycles. The van der Waals surface area contributed by atoms with Crippen LogP contribution in [0, 0.1) is 0 Å². The molecule has 0 amide bonds. The van der Waals surface area contributed by atoms with E-state index in [1.54, 1.807) is 25.9 Å². The molecule has 0 heterocycles. The minimum atomic E-state index is -1.63. The lowest BCUT2D eigenvalue weighted by Crippen LogP contribution is -2.53. The van der Waals surface area contributed by atoms with Gasteiger partial charge in [0, 0.05) is 6.04 Å². The summed E-state index contributed by atoms with van der Waals surface area (Å²) >= 11 is 0. The van der Waals surface area contributed by atoms with Crippen molar-refractivity contribution in [1.82, 2.24) is 4.90 Å². The average molecular weight is 189 g/mol. The van der Waals surface area contributed by atoms with Crippen LogP contribution < -0.4 is 0 Å². The maximum absolute atomic E-state index is 10.9. The Kier molecular flexibility index (Phi) is 4.36. The monoisotopic (exact) mass is 189 g/mol. The summed E-state index contributed by atoms with van der Waals surface area (Å²) in [5.41, 5.74) is -1.63. The minimum absolute atomic E-state index is 0.279. The first kappa shape index (κ1) is 12.4. The number of aliphatic hydroxyl groups is 1. The minimum Gasteiger partial charge on any atom is -0.479 e. The van der Waals surface area contributed by atoms with Gasteiger partial charge >= 0.3 is 5.97 Å². The number of hydrogen-bond donors (Lipinski definition) is 2. The van der Waals surface area contributed by atoms with Gasteiger partial charge in [-0.2, -0.15) is 0 Å². The first-order valence-electron chi connectivity index (χ1n) is 4.48. The maximum atomic E-state index is 10.9. The van der Waals surface area contributed by atoms with Crippen molar-refractivity contribution in [3.05, 3.63) is 0 Å². The molecule has 0 fully saturated rings. The third-order valence-corrected chi connectivity index (χ3v) is 2.47. The van der Waals surface area contributed by atoms with Gasteiger partial charge < -0.3 is 15.1 Å². The highest BCUT2D eigenvalue weighted by atomic mass is 16.4. The highest BCUT2D eigenvalue weighted by molar-refractivity contribution is 5.78. The Morgan fingerprint density at radius 3 is 2.23 bits per heavy atom. The lowest BCUT2D eigenvalue weighted by atomic mass is 9.90. The summed E-state index contributed by atoms with van der Waals surface area (Å²) in [7, 11) is 3.52. The smallest absolute Gasteiger partial charge is 0.337 e. The number of rotatable bonds is 5. The van der Waals surface area contributed by atoms with Gasteiger partial charge in [0.1, 0.15) is 0 Å². The van der Waals surface area contributed by atoms with E-state index in [2.05, 4.69) is 0 Å². The molecule has 0 aromatic rings. The molecule has 2 N–H and O–H groups in total. The Morgan fingerprint density at radius 2 is 2.00 bits per heavy atom. The fourth-order valence-corrected chi connectivity index (χ4v) is 1.30. The van der Waals surface area contributed by atoms with Crippen molar-refractivity contribution >= 4 is 5.97 Å². The molecule has 13 heavy (non-hydrogen) atoms. The first-order valence-corrected chi connectivity index (χ1v) is 4.48. The molecule has 2 atom stereocenters. The van der Waals surface area contributed by atoms with Crippen LogP contribution in [0.25, 0.3) is 0 Å². The van der Waals surface area contributed by atoms with Crippen molar-refractivity contribution < 1.29 is 15.0 Å². The van der Waals surface area contributed by atoms with E-state index in [9.17, 15) is 9.90 Å². The fourth-order valence-electron chi connectivity index (χ4n) is 1.30. The van der Waals surface area contributed by atoms with Gasteiger partial charge in [-0.05, 0) is 27.4 Å². The second kappa shape index (κ2) is 4.58. The molecule has 0 aliphatic rings. The van der Waals surface area contributed by atoms with Gasteiger partial charge in [0.25, 0.3) is 0 Å². The van der Waals surface area contributed by atoms with E-state index in [-0.39, 0.29) is 12.5 Å². The molecule has 78 valence electrons. The van der Waals surface area contributed by atoms with Crippen LogP contribution in [-0.2, 0) is 4.79 Å². The van der Waals surface area contributed by atoms with Crippen molar-refractivity contribution in [3.63, 3.8) is 0 Å². The topological polar surface area (TPSA) is 60.8 Å². The van der Waals surface area contributed by atoms with Crippen LogP contribution in [0.2, 0.25) is 0 Å². The van der Waals surface area contributed by atoms with Crippen molar-refractivity contribution in [2.45, 2.75) is 38.3 Å². The molecule has 2 unspecified atom stereocenters.